The number of aromatic hydroxyl groups is 1. The zero-order valence-electron chi connectivity index (χ0n) is 15.7. The van der Waals surface area contributed by atoms with Gasteiger partial charge in [0.05, 0.1) is 11.7 Å². The van der Waals surface area contributed by atoms with Gasteiger partial charge in [-0.2, -0.15) is 0 Å². The summed E-state index contributed by atoms with van der Waals surface area (Å²) in [5, 5.41) is 54.2. The Labute approximate surface area is 184 Å². The molecule has 0 saturated heterocycles. The van der Waals surface area contributed by atoms with E-state index in [-0.39, 0.29) is 16.9 Å². The van der Waals surface area contributed by atoms with Crippen LogP contribution >= 0.6 is 22.6 Å². The number of aliphatic hydroxyl groups is 4. The Kier molecular flexibility index (Phi) is 4.77. The maximum atomic E-state index is 13.4. The Morgan fingerprint density at radius 2 is 1.87 bits per heavy atom. The summed E-state index contributed by atoms with van der Waals surface area (Å²) in [7, 11) is 0. The molecule has 1 aromatic rings. The van der Waals surface area contributed by atoms with E-state index in [4.69, 9.17) is 5.73 Å². The van der Waals surface area contributed by atoms with E-state index in [1.807, 2.05) is 22.6 Å². The number of hydrogen-bond donors (Lipinski definition) is 6. The van der Waals surface area contributed by atoms with Crippen LogP contribution in [0, 0.1) is 21.3 Å². The summed E-state index contributed by atoms with van der Waals surface area (Å²) >= 11 is 2.01. The van der Waals surface area contributed by atoms with Crippen LogP contribution in [-0.4, -0.2) is 60.8 Å². The number of phenolic OH excluding ortho intramolecular Hbond substituents is 1. The number of halogens is 1. The van der Waals surface area contributed by atoms with E-state index in [0.717, 1.165) is 0 Å². The SMILES string of the molecule is C[C@H]1c2c(I)ccc(O)c2C(O)=C2C(=O)[C@]3(O)C(O)C(C(N)=O)C(=O)C[C@@H]3[C@@H](O)[C@@H]21. The number of hydrogen-bond acceptors (Lipinski definition) is 8. The Morgan fingerprint density at radius 3 is 2.47 bits per heavy atom. The molecule has 2 fully saturated rings. The number of rotatable bonds is 1. The summed E-state index contributed by atoms with van der Waals surface area (Å²) in [6, 6.07) is 2.98. The van der Waals surface area contributed by atoms with Crippen LogP contribution in [0.5, 0.6) is 5.75 Å². The first-order valence-corrected chi connectivity index (χ1v) is 10.4. The number of carbonyl (C=O) groups is 3. The van der Waals surface area contributed by atoms with Crippen molar-refractivity contribution in [1.82, 2.24) is 0 Å². The fourth-order valence-corrected chi connectivity index (χ4v) is 6.28. The van der Waals surface area contributed by atoms with Crippen molar-refractivity contribution in [1.29, 1.82) is 0 Å². The number of benzene rings is 1. The summed E-state index contributed by atoms with van der Waals surface area (Å²) in [5.74, 6) is -8.72. The molecule has 0 aromatic heterocycles. The Hall–Kier alpha value is -2.02. The zero-order valence-corrected chi connectivity index (χ0v) is 17.9. The van der Waals surface area contributed by atoms with Crippen LogP contribution in [0.4, 0.5) is 0 Å². The molecule has 1 amide bonds. The van der Waals surface area contributed by atoms with Gasteiger partial charge in [-0.3, -0.25) is 14.4 Å². The highest BCUT2D eigenvalue weighted by molar-refractivity contribution is 14.1. The average molecular weight is 529 g/mol. The summed E-state index contributed by atoms with van der Waals surface area (Å²) in [4.78, 5) is 37.5. The first kappa shape index (κ1) is 21.2. The van der Waals surface area contributed by atoms with Crippen LogP contribution < -0.4 is 5.73 Å². The molecule has 7 atom stereocenters. The van der Waals surface area contributed by atoms with E-state index in [1.165, 1.54) is 6.07 Å². The maximum Gasteiger partial charge on any atom is 0.230 e. The number of carbonyl (C=O) groups excluding carboxylic acids is 3. The summed E-state index contributed by atoms with van der Waals surface area (Å²) in [5.41, 5.74) is 2.68. The van der Waals surface area contributed by atoms with Gasteiger partial charge in [-0.05, 0) is 46.2 Å². The van der Waals surface area contributed by atoms with Gasteiger partial charge in [0.2, 0.25) is 5.91 Å². The molecule has 160 valence electrons. The monoisotopic (exact) mass is 529 g/mol. The van der Waals surface area contributed by atoms with Gasteiger partial charge < -0.3 is 31.3 Å². The number of primary amides is 1. The molecule has 9 nitrogen and oxygen atoms in total. The van der Waals surface area contributed by atoms with Crippen molar-refractivity contribution in [3.8, 4) is 5.75 Å². The van der Waals surface area contributed by atoms with Crippen LogP contribution in [0.15, 0.2) is 17.7 Å². The summed E-state index contributed by atoms with van der Waals surface area (Å²) < 4.78 is 0.688. The number of phenols is 1. The van der Waals surface area contributed by atoms with Gasteiger partial charge in [-0.25, -0.2) is 0 Å². The molecule has 0 spiro atoms. The van der Waals surface area contributed by atoms with Gasteiger partial charge in [-0.15, -0.1) is 0 Å². The molecule has 2 unspecified atom stereocenters. The first-order chi connectivity index (χ1) is 13.9. The van der Waals surface area contributed by atoms with Crippen LogP contribution in [0.2, 0.25) is 0 Å². The predicted molar refractivity (Wildman–Crippen MR) is 110 cm³/mol. The molecule has 0 heterocycles. The molecule has 30 heavy (non-hydrogen) atoms. The minimum atomic E-state index is -2.69. The van der Waals surface area contributed by atoms with Crippen molar-refractivity contribution < 1.29 is 39.9 Å². The van der Waals surface area contributed by atoms with E-state index in [1.54, 1.807) is 13.0 Å². The lowest BCUT2D eigenvalue weighted by molar-refractivity contribution is -0.201. The average Bonchev–Trinajstić information content (AvgIpc) is 2.66. The van der Waals surface area contributed by atoms with Crippen molar-refractivity contribution in [3.05, 3.63) is 32.4 Å². The molecule has 3 aliphatic rings. The van der Waals surface area contributed by atoms with Crippen LogP contribution in [0.3, 0.4) is 0 Å². The van der Waals surface area contributed by atoms with Crippen LogP contribution in [-0.2, 0) is 14.4 Å². The molecule has 2 saturated carbocycles. The van der Waals surface area contributed by atoms with Crippen molar-refractivity contribution in [2.45, 2.75) is 37.1 Å². The molecule has 7 N–H and O–H groups in total. The highest BCUT2D eigenvalue weighted by Crippen LogP contribution is 2.56. The van der Waals surface area contributed by atoms with Gasteiger partial charge >= 0.3 is 0 Å². The standard InChI is InChI=1S/C20H20INO8/c1-5-10-7(21)2-3-8(23)12(10)16(26)14-11(5)15(25)6-4-9(24)13(19(22)29)17(27)20(6,30)18(14)28/h2-3,5-6,11,13,15,17,23,25-27,30H,4H2,1H3,(H2,22,29)/t5-,6+,11+,13?,15+,17?,20+/m0/s1. The molecular formula is C20H20INO8. The third-order valence-corrected chi connectivity index (χ3v) is 7.73. The summed E-state index contributed by atoms with van der Waals surface area (Å²) in [6.45, 7) is 1.70. The number of aliphatic hydroxyl groups excluding tert-OH is 3. The second-order valence-corrected chi connectivity index (χ2v) is 9.34. The van der Waals surface area contributed by atoms with Crippen molar-refractivity contribution >= 4 is 45.8 Å². The fourth-order valence-electron chi connectivity index (χ4n) is 5.34. The van der Waals surface area contributed by atoms with Gasteiger partial charge in [-0.1, -0.05) is 6.92 Å². The number of amides is 1. The number of Topliss-reactive ketones (excluding diaryl/α,β-unsaturated/α-hetero) is 2. The first-order valence-electron chi connectivity index (χ1n) is 9.34. The van der Waals surface area contributed by atoms with E-state index >= 15 is 0 Å². The lowest BCUT2D eigenvalue weighted by Gasteiger charge is -2.53. The van der Waals surface area contributed by atoms with E-state index < -0.39 is 71.1 Å². The highest BCUT2D eigenvalue weighted by atomic mass is 127. The lowest BCUT2D eigenvalue weighted by Crippen LogP contribution is -2.71. The van der Waals surface area contributed by atoms with Crippen molar-refractivity contribution in [2.24, 2.45) is 23.5 Å². The minimum absolute atomic E-state index is 0.0103. The molecule has 0 aliphatic heterocycles. The maximum absolute atomic E-state index is 13.4. The highest BCUT2D eigenvalue weighted by Gasteiger charge is 2.67. The number of fused-ring (bicyclic) bond motifs is 3. The zero-order chi connectivity index (χ0) is 22.3. The Bertz CT molecular complexity index is 1040. The Morgan fingerprint density at radius 1 is 1.23 bits per heavy atom. The van der Waals surface area contributed by atoms with Crippen molar-refractivity contribution in [3.63, 3.8) is 0 Å². The topological polar surface area (TPSA) is 178 Å². The van der Waals surface area contributed by atoms with E-state index in [0.29, 0.717) is 9.13 Å². The molecule has 0 radical (unpaired) electrons. The quantitative estimate of drug-likeness (QED) is 0.213. The molecule has 3 aliphatic carbocycles. The normalized spacial score (nSPS) is 38.0. The number of nitrogens with two attached hydrogens (primary N) is 1. The fraction of sp³-hybridized carbons (Fsp3) is 0.450. The third kappa shape index (κ3) is 2.47. The van der Waals surface area contributed by atoms with Gasteiger partial charge in [0.25, 0.3) is 0 Å². The van der Waals surface area contributed by atoms with E-state index in [2.05, 4.69) is 0 Å². The molecule has 4 rings (SSSR count). The van der Waals surface area contributed by atoms with Gasteiger partial charge in [0, 0.05) is 27.4 Å². The largest absolute Gasteiger partial charge is 0.507 e. The smallest absolute Gasteiger partial charge is 0.230 e. The Balaban J connectivity index is 1.97. The van der Waals surface area contributed by atoms with Crippen LogP contribution in [0.1, 0.15) is 30.4 Å². The molecule has 0 bridgehead atoms. The van der Waals surface area contributed by atoms with E-state index in [9.17, 15) is 39.9 Å². The predicted octanol–water partition coefficient (Wildman–Crippen LogP) is -0.275. The van der Waals surface area contributed by atoms with Crippen molar-refractivity contribution in [2.75, 3.05) is 0 Å². The minimum Gasteiger partial charge on any atom is -0.507 e. The summed E-state index contributed by atoms with van der Waals surface area (Å²) in [6.07, 6.45) is -4.19. The molecular weight excluding hydrogens is 509 g/mol. The number of ketones is 2. The second-order valence-electron chi connectivity index (χ2n) is 8.18. The van der Waals surface area contributed by atoms with Crippen LogP contribution in [0.25, 0.3) is 5.76 Å². The lowest BCUT2D eigenvalue weighted by atomic mass is 9.53. The molecule has 10 heteroatoms. The van der Waals surface area contributed by atoms with Gasteiger partial charge in [0.1, 0.15) is 29.3 Å². The van der Waals surface area contributed by atoms with Gasteiger partial charge in [0.15, 0.2) is 11.4 Å². The second kappa shape index (κ2) is 6.74. The molecule has 1 aromatic carbocycles. The third-order valence-electron chi connectivity index (χ3n) is 6.78.